The number of aromatic nitrogens is 1. The van der Waals surface area contributed by atoms with Gasteiger partial charge in [0, 0.05) is 44.9 Å². The molecule has 2 aliphatic heterocycles. The van der Waals surface area contributed by atoms with Crippen molar-refractivity contribution in [2.24, 2.45) is 0 Å². The maximum Gasteiger partial charge on any atom is 0.342 e. The number of rotatable bonds is 0. The normalized spacial score (nSPS) is 26.6. The van der Waals surface area contributed by atoms with Crippen LogP contribution in [0.3, 0.4) is 0 Å². The van der Waals surface area contributed by atoms with E-state index in [1.807, 2.05) is 40.7 Å². The lowest BCUT2D eigenvalue weighted by atomic mass is 10.2. The van der Waals surface area contributed by atoms with Crippen LogP contribution < -0.4 is 5.64 Å². The summed E-state index contributed by atoms with van der Waals surface area (Å²) in [5.41, 5.74) is 3.78. The lowest BCUT2D eigenvalue weighted by molar-refractivity contribution is -0.200. The van der Waals surface area contributed by atoms with E-state index < -0.39 is 11.9 Å². The van der Waals surface area contributed by atoms with Crippen LogP contribution in [0, 0.1) is 0 Å². The number of hydrogen-bond donors (Lipinski definition) is 1. The lowest BCUT2D eigenvalue weighted by Gasteiger charge is -2.29. The van der Waals surface area contributed by atoms with Gasteiger partial charge in [0.2, 0.25) is 0 Å². The second-order valence-corrected chi connectivity index (χ2v) is 6.38. The maximum absolute atomic E-state index is 12.0. The van der Waals surface area contributed by atoms with Gasteiger partial charge in [-0.25, -0.2) is 9.59 Å². The van der Waals surface area contributed by atoms with E-state index in [9.17, 15) is 9.59 Å². The molecule has 9 nitrogen and oxygen atoms in total. The molecule has 4 bridgehead atoms. The van der Waals surface area contributed by atoms with Crippen molar-refractivity contribution >= 4 is 11.9 Å². The SMILES string of the molecule is CN1CCN2CC(=O)ONOC(=O)CN(CC1)Cc1cccc(n1)C2. The molecule has 2 atom stereocenters. The summed E-state index contributed by atoms with van der Waals surface area (Å²) in [5.74, 6) is -1.03. The van der Waals surface area contributed by atoms with Crippen molar-refractivity contribution in [2.75, 3.05) is 46.3 Å². The van der Waals surface area contributed by atoms with Crippen LogP contribution in [0.1, 0.15) is 11.4 Å². The quantitative estimate of drug-likeness (QED) is 0.602. The number of fused-ring (bicyclic) bond motifs is 8. The highest BCUT2D eigenvalue weighted by atomic mass is 16.9. The number of pyridine rings is 1. The number of carbonyl (C=O) groups is 2. The molecule has 2 unspecified atom stereocenters. The number of nitrogens with one attached hydrogen (secondary N) is 1. The minimum Gasteiger partial charge on any atom is -0.334 e. The molecule has 0 amide bonds. The van der Waals surface area contributed by atoms with Gasteiger partial charge in [-0.2, -0.15) is 0 Å². The third kappa shape index (κ3) is 5.46. The van der Waals surface area contributed by atoms with Crippen molar-refractivity contribution in [1.29, 1.82) is 0 Å². The summed E-state index contributed by atoms with van der Waals surface area (Å²) in [7, 11) is 2.03. The topological polar surface area (TPSA) is 87.2 Å². The summed E-state index contributed by atoms with van der Waals surface area (Å²) in [4.78, 5) is 44.3. The highest BCUT2D eigenvalue weighted by molar-refractivity contribution is 5.72. The first-order valence-electron chi connectivity index (χ1n) is 8.31. The van der Waals surface area contributed by atoms with Crippen molar-refractivity contribution in [3.05, 3.63) is 29.6 Å². The molecule has 136 valence electrons. The van der Waals surface area contributed by atoms with Gasteiger partial charge in [0.25, 0.3) is 0 Å². The second kappa shape index (κ2) is 8.34. The molecular weight excluding hydrogens is 326 g/mol. The fourth-order valence-corrected chi connectivity index (χ4v) is 2.87. The minimum atomic E-state index is -0.516. The third-order valence-corrected chi connectivity index (χ3v) is 4.25. The Morgan fingerprint density at radius 2 is 1.40 bits per heavy atom. The highest BCUT2D eigenvalue weighted by Crippen LogP contribution is 2.09. The molecule has 3 rings (SSSR count). The van der Waals surface area contributed by atoms with E-state index in [1.165, 1.54) is 0 Å². The standard InChI is InChI=1S/C16H23N5O4/c1-19-5-7-20-9-13-3-2-4-14(17-13)10-21(8-6-19)12-16(23)25-18-24-15(22)11-20/h2-4,18H,5-12H2,1H3. The largest absolute Gasteiger partial charge is 0.342 e. The van der Waals surface area contributed by atoms with Crippen LogP contribution in [0.4, 0.5) is 0 Å². The van der Waals surface area contributed by atoms with Crippen LogP contribution in [0.25, 0.3) is 0 Å². The number of nitrogens with zero attached hydrogens (tertiary/aromatic N) is 4. The predicted octanol–water partition coefficient (Wildman–Crippen LogP) is -0.849. The fraction of sp³-hybridized carbons (Fsp3) is 0.562. The summed E-state index contributed by atoms with van der Waals surface area (Å²) in [5, 5.41) is 0. The first kappa shape index (κ1) is 17.7. The zero-order chi connectivity index (χ0) is 17.6. The lowest BCUT2D eigenvalue weighted by Crippen LogP contribution is -2.43. The van der Waals surface area contributed by atoms with E-state index in [4.69, 9.17) is 9.68 Å². The van der Waals surface area contributed by atoms with Gasteiger partial charge in [0.1, 0.15) is 0 Å². The van der Waals surface area contributed by atoms with Crippen LogP contribution in [-0.4, -0.2) is 77.9 Å². The van der Waals surface area contributed by atoms with Crippen molar-refractivity contribution in [1.82, 2.24) is 25.3 Å². The third-order valence-electron chi connectivity index (χ3n) is 4.25. The number of carbonyl (C=O) groups excluding carboxylic acids is 2. The molecule has 1 aromatic heterocycles. The first-order chi connectivity index (χ1) is 12.1. The van der Waals surface area contributed by atoms with Crippen LogP contribution >= 0.6 is 0 Å². The number of likely N-dealkylation sites (N-methyl/N-ethyl adjacent to an activating group) is 1. The maximum atomic E-state index is 12.0. The van der Waals surface area contributed by atoms with Crippen molar-refractivity contribution in [3.8, 4) is 0 Å². The molecule has 0 aliphatic carbocycles. The van der Waals surface area contributed by atoms with Crippen molar-refractivity contribution in [2.45, 2.75) is 13.1 Å². The van der Waals surface area contributed by atoms with Gasteiger partial charge in [0.05, 0.1) is 24.5 Å². The minimum absolute atomic E-state index is 0.0798. The smallest absolute Gasteiger partial charge is 0.334 e. The van der Waals surface area contributed by atoms with Gasteiger partial charge in [-0.15, -0.1) is 0 Å². The van der Waals surface area contributed by atoms with Crippen LogP contribution in [-0.2, 0) is 32.4 Å². The van der Waals surface area contributed by atoms with E-state index in [1.54, 1.807) is 0 Å². The molecule has 1 aromatic rings. The van der Waals surface area contributed by atoms with E-state index >= 15 is 0 Å². The predicted molar refractivity (Wildman–Crippen MR) is 87.6 cm³/mol. The molecule has 3 heterocycles. The Labute approximate surface area is 146 Å². The molecule has 9 heteroatoms. The van der Waals surface area contributed by atoms with Gasteiger partial charge in [-0.05, 0) is 19.2 Å². The van der Waals surface area contributed by atoms with Gasteiger partial charge < -0.3 is 14.6 Å². The Bertz CT molecular complexity index is 579. The van der Waals surface area contributed by atoms with Gasteiger partial charge in [-0.3, -0.25) is 14.8 Å². The summed E-state index contributed by atoms with van der Waals surface area (Å²) in [6, 6.07) is 5.84. The second-order valence-electron chi connectivity index (χ2n) is 6.38. The monoisotopic (exact) mass is 349 g/mol. The molecular formula is C16H23N5O4. The molecule has 0 spiro atoms. The Kier molecular flexibility index (Phi) is 5.92. The molecule has 1 fully saturated rings. The molecule has 25 heavy (non-hydrogen) atoms. The summed E-state index contributed by atoms with van der Waals surface area (Å²) < 4.78 is 0. The Balaban J connectivity index is 1.91. The van der Waals surface area contributed by atoms with Gasteiger partial charge in [-0.1, -0.05) is 6.07 Å². The number of hydrogen-bond acceptors (Lipinski definition) is 9. The average molecular weight is 349 g/mol. The van der Waals surface area contributed by atoms with Crippen LogP contribution in [0.2, 0.25) is 0 Å². The van der Waals surface area contributed by atoms with Gasteiger partial charge >= 0.3 is 11.9 Å². The van der Waals surface area contributed by atoms with Crippen LogP contribution in [0.5, 0.6) is 0 Å². The fourth-order valence-electron chi connectivity index (χ4n) is 2.87. The summed E-state index contributed by atoms with van der Waals surface area (Å²) >= 11 is 0. The highest BCUT2D eigenvalue weighted by Gasteiger charge is 2.20. The molecule has 1 saturated heterocycles. The molecule has 0 saturated carbocycles. The van der Waals surface area contributed by atoms with Crippen molar-refractivity contribution < 1.29 is 19.3 Å². The van der Waals surface area contributed by atoms with E-state index in [-0.39, 0.29) is 13.1 Å². The average Bonchev–Trinajstić information content (AvgIpc) is 2.56. The Morgan fingerprint density at radius 1 is 0.880 bits per heavy atom. The summed E-state index contributed by atoms with van der Waals surface area (Å²) in [6.07, 6.45) is 0. The van der Waals surface area contributed by atoms with E-state index in [2.05, 4.69) is 9.88 Å². The van der Waals surface area contributed by atoms with E-state index in [0.717, 1.165) is 24.5 Å². The zero-order valence-electron chi connectivity index (χ0n) is 14.3. The van der Waals surface area contributed by atoms with Gasteiger partial charge in [0.15, 0.2) is 0 Å². The molecule has 0 aromatic carbocycles. The first-order valence-corrected chi connectivity index (χ1v) is 8.31. The molecule has 2 aliphatic rings. The molecule has 0 radical (unpaired) electrons. The Hall–Kier alpha value is -2.07. The zero-order valence-corrected chi connectivity index (χ0v) is 14.3. The Morgan fingerprint density at radius 3 is 1.92 bits per heavy atom. The summed E-state index contributed by atoms with van der Waals surface area (Å²) in [6.45, 7) is 4.28. The molecule has 1 N–H and O–H groups in total. The van der Waals surface area contributed by atoms with Crippen molar-refractivity contribution in [3.63, 3.8) is 0 Å². The van der Waals surface area contributed by atoms with E-state index in [0.29, 0.717) is 26.2 Å². The van der Waals surface area contributed by atoms with Crippen LogP contribution in [0.15, 0.2) is 18.2 Å².